The first-order valence-corrected chi connectivity index (χ1v) is 8.82. The molecular weight excluding hydrogens is 336 g/mol. The minimum Gasteiger partial charge on any atom is -0.465 e. The Morgan fingerprint density at radius 1 is 1.15 bits per heavy atom. The number of hydrogen-bond donors (Lipinski definition) is 3. The first kappa shape index (κ1) is 17.9. The van der Waals surface area contributed by atoms with E-state index in [0.29, 0.717) is 28.8 Å². The average Bonchev–Trinajstić information content (AvgIpc) is 2.63. The third-order valence-corrected chi connectivity index (χ3v) is 4.72. The second-order valence-corrected chi connectivity index (χ2v) is 6.61. The molecule has 1 fully saturated rings. The largest absolute Gasteiger partial charge is 0.465 e. The van der Waals surface area contributed by atoms with Crippen molar-refractivity contribution in [3.05, 3.63) is 40.3 Å². The van der Waals surface area contributed by atoms with Crippen molar-refractivity contribution in [1.29, 1.82) is 0 Å². The predicted molar refractivity (Wildman–Crippen MR) is 96.4 cm³/mol. The van der Waals surface area contributed by atoms with Crippen LogP contribution in [0.5, 0.6) is 0 Å². The van der Waals surface area contributed by atoms with Gasteiger partial charge in [0.1, 0.15) is 0 Å². The molecule has 0 aliphatic heterocycles. The molecule has 26 heavy (non-hydrogen) atoms. The van der Waals surface area contributed by atoms with Gasteiger partial charge in [-0.25, -0.2) is 10.2 Å². The monoisotopic (exact) mass is 358 g/mol. The highest BCUT2D eigenvalue weighted by Gasteiger charge is 2.18. The van der Waals surface area contributed by atoms with Crippen LogP contribution in [-0.2, 0) is 11.3 Å². The summed E-state index contributed by atoms with van der Waals surface area (Å²) in [6.07, 6.45) is 4.72. The third-order valence-electron chi connectivity index (χ3n) is 4.72. The highest BCUT2D eigenvalue weighted by molar-refractivity contribution is 5.86. The van der Waals surface area contributed by atoms with Gasteiger partial charge in [0.25, 0.3) is 5.56 Å². The van der Waals surface area contributed by atoms with Crippen molar-refractivity contribution in [3.8, 4) is 0 Å². The molecule has 2 aromatic rings. The number of aromatic nitrogens is 2. The fourth-order valence-corrected chi connectivity index (χ4v) is 3.44. The number of fused-ring (bicyclic) bond motifs is 1. The van der Waals surface area contributed by atoms with Crippen molar-refractivity contribution in [3.63, 3.8) is 0 Å². The van der Waals surface area contributed by atoms with Crippen LogP contribution in [0.3, 0.4) is 0 Å². The van der Waals surface area contributed by atoms with Gasteiger partial charge in [0.15, 0.2) is 0 Å². The molecule has 8 heteroatoms. The SMILES string of the molecule is O=C(O)NCc1nn(NC(=O)CC2CCCCC2)c(=O)c2ccccc12. The highest BCUT2D eigenvalue weighted by atomic mass is 16.4. The van der Waals surface area contributed by atoms with E-state index in [9.17, 15) is 14.4 Å². The van der Waals surface area contributed by atoms with Gasteiger partial charge in [0, 0.05) is 11.8 Å². The Morgan fingerprint density at radius 2 is 1.85 bits per heavy atom. The molecule has 1 aliphatic carbocycles. The van der Waals surface area contributed by atoms with Crippen molar-refractivity contribution in [2.75, 3.05) is 5.43 Å². The lowest BCUT2D eigenvalue weighted by Crippen LogP contribution is -2.37. The molecule has 0 atom stereocenters. The van der Waals surface area contributed by atoms with Gasteiger partial charge in [-0.15, -0.1) is 4.79 Å². The van der Waals surface area contributed by atoms with Crippen molar-refractivity contribution in [2.45, 2.75) is 45.1 Å². The predicted octanol–water partition coefficient (Wildman–Crippen LogP) is 2.20. The van der Waals surface area contributed by atoms with Gasteiger partial charge < -0.3 is 10.4 Å². The maximum Gasteiger partial charge on any atom is 0.404 e. The van der Waals surface area contributed by atoms with Crippen LogP contribution in [0.15, 0.2) is 29.1 Å². The number of carbonyl (C=O) groups is 2. The van der Waals surface area contributed by atoms with Crippen LogP contribution in [0.4, 0.5) is 4.79 Å². The lowest BCUT2D eigenvalue weighted by Gasteiger charge is -2.21. The van der Waals surface area contributed by atoms with Crippen LogP contribution >= 0.6 is 0 Å². The van der Waals surface area contributed by atoms with Gasteiger partial charge in [0.2, 0.25) is 5.91 Å². The van der Waals surface area contributed by atoms with E-state index in [1.807, 2.05) is 0 Å². The maximum absolute atomic E-state index is 12.6. The zero-order valence-electron chi connectivity index (χ0n) is 14.4. The number of benzene rings is 1. The quantitative estimate of drug-likeness (QED) is 0.758. The first-order valence-electron chi connectivity index (χ1n) is 8.82. The number of nitrogens with zero attached hydrogens (tertiary/aromatic N) is 2. The summed E-state index contributed by atoms with van der Waals surface area (Å²) in [5.41, 5.74) is 2.50. The normalized spacial score (nSPS) is 14.9. The second kappa shape index (κ2) is 7.99. The van der Waals surface area contributed by atoms with Gasteiger partial charge in [0.05, 0.1) is 17.6 Å². The molecule has 0 bridgehead atoms. The molecule has 1 saturated carbocycles. The summed E-state index contributed by atoms with van der Waals surface area (Å²) in [6.45, 7) is -0.0609. The Labute approximate surface area is 150 Å². The number of carbonyl (C=O) groups excluding carboxylic acids is 1. The summed E-state index contributed by atoms with van der Waals surface area (Å²) >= 11 is 0. The van der Waals surface area contributed by atoms with E-state index in [1.54, 1.807) is 24.3 Å². The molecule has 1 aliphatic rings. The summed E-state index contributed by atoms with van der Waals surface area (Å²) in [6, 6.07) is 6.80. The lowest BCUT2D eigenvalue weighted by atomic mass is 9.87. The molecule has 8 nitrogen and oxygen atoms in total. The summed E-state index contributed by atoms with van der Waals surface area (Å²) in [5.74, 6) is 0.0898. The smallest absolute Gasteiger partial charge is 0.404 e. The molecule has 3 rings (SSSR count). The molecule has 1 aromatic carbocycles. The molecule has 0 unspecified atom stereocenters. The molecule has 3 N–H and O–H groups in total. The topological polar surface area (TPSA) is 113 Å². The van der Waals surface area contributed by atoms with Gasteiger partial charge in [-0.1, -0.05) is 37.5 Å². The molecule has 0 saturated heterocycles. The fourth-order valence-electron chi connectivity index (χ4n) is 3.44. The van der Waals surface area contributed by atoms with Crippen LogP contribution in [0.1, 0.15) is 44.2 Å². The van der Waals surface area contributed by atoms with Crippen molar-refractivity contribution < 1.29 is 14.7 Å². The van der Waals surface area contributed by atoms with Gasteiger partial charge in [-0.05, 0) is 24.8 Å². The van der Waals surface area contributed by atoms with Gasteiger partial charge in [-0.2, -0.15) is 5.10 Å². The Morgan fingerprint density at radius 3 is 2.54 bits per heavy atom. The minimum atomic E-state index is -1.19. The number of nitrogens with one attached hydrogen (secondary N) is 2. The number of rotatable bonds is 5. The Hall–Kier alpha value is -2.90. The lowest BCUT2D eigenvalue weighted by molar-refractivity contribution is -0.118. The second-order valence-electron chi connectivity index (χ2n) is 6.61. The average molecular weight is 358 g/mol. The molecule has 0 spiro atoms. The van der Waals surface area contributed by atoms with E-state index in [2.05, 4.69) is 15.8 Å². The molecular formula is C18H22N4O4. The van der Waals surface area contributed by atoms with Crippen LogP contribution < -0.4 is 16.3 Å². The summed E-state index contributed by atoms with van der Waals surface area (Å²) in [7, 11) is 0. The zero-order valence-corrected chi connectivity index (χ0v) is 14.4. The minimum absolute atomic E-state index is 0.0609. The summed E-state index contributed by atoms with van der Waals surface area (Å²) < 4.78 is 0. The van der Waals surface area contributed by atoms with Crippen LogP contribution in [0, 0.1) is 5.92 Å². The Kier molecular flexibility index (Phi) is 5.50. The first-order chi connectivity index (χ1) is 12.5. The fraction of sp³-hybridized carbons (Fsp3) is 0.444. The van der Waals surface area contributed by atoms with Crippen LogP contribution in [0.2, 0.25) is 0 Å². The molecule has 0 radical (unpaired) electrons. The highest BCUT2D eigenvalue weighted by Crippen LogP contribution is 2.26. The van der Waals surface area contributed by atoms with Crippen molar-refractivity contribution in [1.82, 2.24) is 15.2 Å². The third kappa shape index (κ3) is 4.19. The molecule has 1 aromatic heterocycles. The maximum atomic E-state index is 12.6. The number of hydrogen-bond acceptors (Lipinski definition) is 4. The Balaban J connectivity index is 1.84. The van der Waals surface area contributed by atoms with Crippen molar-refractivity contribution >= 4 is 22.8 Å². The van der Waals surface area contributed by atoms with Gasteiger partial charge >= 0.3 is 6.09 Å². The van der Waals surface area contributed by atoms with E-state index < -0.39 is 11.7 Å². The van der Waals surface area contributed by atoms with Gasteiger partial charge in [-0.3, -0.25) is 9.59 Å². The van der Waals surface area contributed by atoms with Crippen LogP contribution in [-0.4, -0.2) is 27.0 Å². The number of carboxylic acid groups (broad SMARTS) is 1. The van der Waals surface area contributed by atoms with E-state index in [4.69, 9.17) is 5.11 Å². The van der Waals surface area contributed by atoms with E-state index in [0.717, 1.165) is 30.5 Å². The van der Waals surface area contributed by atoms with Crippen molar-refractivity contribution in [2.24, 2.45) is 5.92 Å². The molecule has 1 heterocycles. The zero-order chi connectivity index (χ0) is 18.5. The van der Waals surface area contributed by atoms with E-state index >= 15 is 0 Å². The molecule has 2 amide bonds. The number of amides is 2. The molecule has 138 valence electrons. The summed E-state index contributed by atoms with van der Waals surface area (Å²) in [4.78, 5) is 36.6. The standard InChI is InChI=1S/C18H22N4O4/c23-16(10-12-6-2-1-3-7-12)21-22-17(24)14-9-5-4-8-13(14)15(20-22)11-19-18(25)26/h4-5,8-9,12,19H,1-3,6-7,10-11H2,(H,21,23)(H,25,26). The van der Waals surface area contributed by atoms with E-state index in [1.165, 1.54) is 6.42 Å². The summed E-state index contributed by atoms with van der Waals surface area (Å²) in [5, 5.41) is 16.2. The Bertz CT molecular complexity index is 871. The van der Waals surface area contributed by atoms with Crippen LogP contribution in [0.25, 0.3) is 10.8 Å². The van der Waals surface area contributed by atoms with E-state index in [-0.39, 0.29) is 12.5 Å².